The molecule has 3 rings (SSSR count). The van der Waals surface area contributed by atoms with Crippen LogP contribution in [-0.2, 0) is 11.3 Å². The van der Waals surface area contributed by atoms with Crippen molar-refractivity contribution in [2.75, 3.05) is 6.61 Å². The second-order valence-corrected chi connectivity index (χ2v) is 5.53. The highest BCUT2D eigenvalue weighted by atomic mass is 16.5. The Bertz CT molecular complexity index is 687. The van der Waals surface area contributed by atoms with Gasteiger partial charge in [-0.05, 0) is 26.3 Å². The van der Waals surface area contributed by atoms with Crippen molar-refractivity contribution >= 4 is 5.91 Å². The van der Waals surface area contributed by atoms with E-state index in [1.807, 2.05) is 13.8 Å². The summed E-state index contributed by atoms with van der Waals surface area (Å²) in [7, 11) is 0. The van der Waals surface area contributed by atoms with Crippen molar-refractivity contribution in [3.8, 4) is 17.3 Å². The summed E-state index contributed by atoms with van der Waals surface area (Å²) in [5, 5.41) is 6.68. The molecule has 9 heteroatoms. The average molecular weight is 332 g/mol. The van der Waals surface area contributed by atoms with Crippen LogP contribution in [0, 0.1) is 0 Å². The molecule has 1 aliphatic rings. The van der Waals surface area contributed by atoms with Crippen LogP contribution in [0.3, 0.4) is 0 Å². The molecule has 2 aromatic heterocycles. The summed E-state index contributed by atoms with van der Waals surface area (Å²) in [6, 6.07) is 3.57. The van der Waals surface area contributed by atoms with E-state index in [4.69, 9.17) is 9.26 Å². The van der Waals surface area contributed by atoms with Gasteiger partial charge in [0, 0.05) is 23.9 Å². The molecule has 2 atom stereocenters. The fraction of sp³-hybridized carbons (Fsp3) is 0.467. The maximum absolute atomic E-state index is 12.0. The van der Waals surface area contributed by atoms with E-state index in [2.05, 4.69) is 31.3 Å². The zero-order valence-corrected chi connectivity index (χ0v) is 13.6. The first-order chi connectivity index (χ1) is 11.7. The van der Waals surface area contributed by atoms with Crippen LogP contribution in [0.1, 0.15) is 26.2 Å². The van der Waals surface area contributed by atoms with E-state index in [0.717, 1.165) is 12.0 Å². The maximum Gasteiger partial charge on any atom is 0.246 e. The largest absolute Gasteiger partial charge is 0.478 e. The molecular weight excluding hydrogens is 312 g/mol. The van der Waals surface area contributed by atoms with Crippen LogP contribution < -0.4 is 20.9 Å². The second-order valence-electron chi connectivity index (χ2n) is 5.53. The standard InChI is InChI=1S/C15H20N6O3/c1-3-23-12-5-4-10(7-16-12)14-18-13(24-21-14)8-17-15(22)11-6-9(2)19-20-11/h4-5,7,9,11,19-20H,3,6,8H2,1-2H3,(H,17,22). The lowest BCUT2D eigenvalue weighted by molar-refractivity contribution is -0.123. The van der Waals surface area contributed by atoms with E-state index >= 15 is 0 Å². The third-order valence-corrected chi connectivity index (χ3v) is 3.58. The molecule has 0 aliphatic carbocycles. The number of ether oxygens (including phenoxy) is 1. The molecule has 1 fully saturated rings. The van der Waals surface area contributed by atoms with Crippen molar-refractivity contribution < 1.29 is 14.1 Å². The number of hydrogen-bond acceptors (Lipinski definition) is 8. The normalized spacial score (nSPS) is 20.1. The number of carbonyl (C=O) groups excluding carboxylic acids is 1. The van der Waals surface area contributed by atoms with E-state index in [0.29, 0.717) is 24.2 Å². The van der Waals surface area contributed by atoms with Crippen molar-refractivity contribution in [2.24, 2.45) is 0 Å². The molecule has 1 aliphatic heterocycles. The van der Waals surface area contributed by atoms with Crippen LogP contribution in [0.4, 0.5) is 0 Å². The van der Waals surface area contributed by atoms with Gasteiger partial charge in [0.15, 0.2) is 0 Å². The van der Waals surface area contributed by atoms with Crippen molar-refractivity contribution in [3.05, 3.63) is 24.2 Å². The smallest absolute Gasteiger partial charge is 0.246 e. The van der Waals surface area contributed by atoms with Gasteiger partial charge in [0.1, 0.15) is 6.04 Å². The summed E-state index contributed by atoms with van der Waals surface area (Å²) in [5.41, 5.74) is 6.67. The lowest BCUT2D eigenvalue weighted by Crippen LogP contribution is -2.43. The van der Waals surface area contributed by atoms with E-state index in [1.165, 1.54) is 0 Å². The first kappa shape index (κ1) is 16.3. The number of hydrazine groups is 1. The third kappa shape index (κ3) is 3.87. The molecule has 3 N–H and O–H groups in total. The van der Waals surface area contributed by atoms with Crippen LogP contribution >= 0.6 is 0 Å². The fourth-order valence-corrected chi connectivity index (χ4v) is 2.36. The molecule has 9 nitrogen and oxygen atoms in total. The Hall–Kier alpha value is -2.52. The van der Waals surface area contributed by atoms with Crippen molar-refractivity contribution in [3.63, 3.8) is 0 Å². The number of rotatable bonds is 6. The van der Waals surface area contributed by atoms with E-state index < -0.39 is 0 Å². The molecule has 128 valence electrons. The topological polar surface area (TPSA) is 114 Å². The number of amides is 1. The van der Waals surface area contributed by atoms with Crippen LogP contribution in [0.15, 0.2) is 22.9 Å². The first-order valence-corrected chi connectivity index (χ1v) is 7.86. The fourth-order valence-electron chi connectivity index (χ4n) is 2.36. The van der Waals surface area contributed by atoms with Gasteiger partial charge < -0.3 is 14.6 Å². The zero-order valence-electron chi connectivity index (χ0n) is 13.6. The number of nitrogens with one attached hydrogen (secondary N) is 3. The predicted molar refractivity (Wildman–Crippen MR) is 84.7 cm³/mol. The van der Waals surface area contributed by atoms with Gasteiger partial charge in [-0.25, -0.2) is 10.4 Å². The van der Waals surface area contributed by atoms with Crippen LogP contribution in [0.25, 0.3) is 11.4 Å². The van der Waals surface area contributed by atoms with Gasteiger partial charge in [-0.15, -0.1) is 0 Å². The Morgan fingerprint density at radius 2 is 2.33 bits per heavy atom. The molecule has 0 saturated carbocycles. The van der Waals surface area contributed by atoms with E-state index in [-0.39, 0.29) is 24.5 Å². The minimum absolute atomic E-state index is 0.102. The Kier molecular flexibility index (Phi) is 5.02. The third-order valence-electron chi connectivity index (χ3n) is 3.58. The minimum Gasteiger partial charge on any atom is -0.478 e. The summed E-state index contributed by atoms with van der Waals surface area (Å²) in [5.74, 6) is 1.20. The molecule has 0 aromatic carbocycles. The van der Waals surface area contributed by atoms with Crippen LogP contribution in [0.2, 0.25) is 0 Å². The molecule has 0 bridgehead atoms. The Morgan fingerprint density at radius 3 is 3.00 bits per heavy atom. The molecule has 2 unspecified atom stereocenters. The Morgan fingerprint density at radius 1 is 1.46 bits per heavy atom. The maximum atomic E-state index is 12.0. The zero-order chi connectivity index (χ0) is 16.9. The molecule has 2 aromatic rings. The van der Waals surface area contributed by atoms with Crippen LogP contribution in [0.5, 0.6) is 5.88 Å². The van der Waals surface area contributed by atoms with E-state index in [9.17, 15) is 4.79 Å². The lowest BCUT2D eigenvalue weighted by Gasteiger charge is -2.08. The van der Waals surface area contributed by atoms with Gasteiger partial charge in [0.25, 0.3) is 0 Å². The predicted octanol–water partition coefficient (Wildman–Crippen LogP) is 0.401. The number of hydrogen-bond donors (Lipinski definition) is 3. The van der Waals surface area contributed by atoms with Gasteiger partial charge in [0.2, 0.25) is 23.5 Å². The van der Waals surface area contributed by atoms with Gasteiger partial charge in [0.05, 0.1) is 13.2 Å². The summed E-state index contributed by atoms with van der Waals surface area (Å²) in [6.07, 6.45) is 2.35. The summed E-state index contributed by atoms with van der Waals surface area (Å²) < 4.78 is 10.4. The van der Waals surface area contributed by atoms with Crippen molar-refractivity contribution in [1.82, 2.24) is 31.3 Å². The molecule has 1 saturated heterocycles. The Labute approximate surface area is 139 Å². The summed E-state index contributed by atoms with van der Waals surface area (Å²) in [6.45, 7) is 4.65. The summed E-state index contributed by atoms with van der Waals surface area (Å²) in [4.78, 5) is 20.4. The number of nitrogens with zero attached hydrogens (tertiary/aromatic N) is 3. The van der Waals surface area contributed by atoms with Gasteiger partial charge in [-0.1, -0.05) is 5.16 Å². The highest BCUT2D eigenvalue weighted by Crippen LogP contribution is 2.17. The average Bonchev–Trinajstić information content (AvgIpc) is 3.23. The second kappa shape index (κ2) is 7.37. The van der Waals surface area contributed by atoms with Gasteiger partial charge >= 0.3 is 0 Å². The van der Waals surface area contributed by atoms with Crippen molar-refractivity contribution in [1.29, 1.82) is 0 Å². The number of aromatic nitrogens is 3. The monoisotopic (exact) mass is 332 g/mol. The van der Waals surface area contributed by atoms with Gasteiger partial charge in [-0.3, -0.25) is 10.2 Å². The van der Waals surface area contributed by atoms with Crippen LogP contribution in [-0.4, -0.2) is 39.7 Å². The minimum atomic E-state index is -0.252. The molecule has 1 amide bonds. The molecule has 0 spiro atoms. The van der Waals surface area contributed by atoms with Crippen molar-refractivity contribution in [2.45, 2.75) is 38.9 Å². The highest BCUT2D eigenvalue weighted by molar-refractivity contribution is 5.81. The highest BCUT2D eigenvalue weighted by Gasteiger charge is 2.26. The lowest BCUT2D eigenvalue weighted by atomic mass is 10.1. The first-order valence-electron chi connectivity index (χ1n) is 7.86. The molecule has 0 radical (unpaired) electrons. The molecular formula is C15H20N6O3. The van der Waals surface area contributed by atoms with Gasteiger partial charge in [-0.2, -0.15) is 4.98 Å². The van der Waals surface area contributed by atoms with E-state index in [1.54, 1.807) is 18.3 Å². The quantitative estimate of drug-likeness (QED) is 0.696. The number of pyridine rings is 1. The SMILES string of the molecule is CCOc1ccc(-c2noc(CNC(=O)C3CC(C)NN3)n2)cn1. The molecule has 24 heavy (non-hydrogen) atoms. The Balaban J connectivity index is 1.56. The molecule has 3 heterocycles. The summed E-state index contributed by atoms with van der Waals surface area (Å²) >= 11 is 0. The number of carbonyl (C=O) groups is 1.